The van der Waals surface area contributed by atoms with Crippen molar-refractivity contribution < 1.29 is 19.3 Å². The molecule has 0 aliphatic rings. The van der Waals surface area contributed by atoms with E-state index < -0.39 is 16.7 Å². The van der Waals surface area contributed by atoms with Gasteiger partial charge in [0.1, 0.15) is 5.69 Å². The minimum Gasteiger partial charge on any atom is -0.343 e. The van der Waals surface area contributed by atoms with Crippen molar-refractivity contribution in [1.82, 2.24) is 5.32 Å². The molecule has 0 atom stereocenters. The van der Waals surface area contributed by atoms with Gasteiger partial charge in [-0.25, -0.2) is 0 Å². The predicted octanol–water partition coefficient (Wildman–Crippen LogP) is 3.51. The standard InChI is InChI=1S/C19H15N3O5S2/c1-11-2-4-14(15(8-11)22(26)27)21-19(25)18(24)20-9-13-3-5-16(29-13)17(23)12-6-7-28-10-12/h2-8,10H,9H2,1H3,(H,20,24)(H,21,25). The molecule has 2 amide bonds. The summed E-state index contributed by atoms with van der Waals surface area (Å²) in [5.74, 6) is -2.04. The highest BCUT2D eigenvalue weighted by Gasteiger charge is 2.20. The number of rotatable bonds is 6. The normalized spacial score (nSPS) is 10.4. The third kappa shape index (κ3) is 4.92. The summed E-state index contributed by atoms with van der Waals surface area (Å²) in [6, 6.07) is 9.39. The number of thiophene rings is 2. The molecule has 2 N–H and O–H groups in total. The van der Waals surface area contributed by atoms with Crippen LogP contribution in [0, 0.1) is 17.0 Å². The molecule has 29 heavy (non-hydrogen) atoms. The quantitative estimate of drug-likeness (QED) is 0.269. The van der Waals surface area contributed by atoms with Crippen LogP contribution >= 0.6 is 22.7 Å². The number of aryl methyl sites for hydroxylation is 1. The van der Waals surface area contributed by atoms with Crippen molar-refractivity contribution in [2.24, 2.45) is 0 Å². The highest BCUT2D eigenvalue weighted by molar-refractivity contribution is 7.14. The summed E-state index contributed by atoms with van der Waals surface area (Å²) in [4.78, 5) is 48.1. The van der Waals surface area contributed by atoms with Gasteiger partial charge in [0.25, 0.3) is 5.69 Å². The van der Waals surface area contributed by atoms with Crippen molar-refractivity contribution in [2.45, 2.75) is 13.5 Å². The second-order valence-electron chi connectivity index (χ2n) is 6.02. The number of anilines is 1. The number of amides is 2. The van der Waals surface area contributed by atoms with Gasteiger partial charge in [0.2, 0.25) is 5.78 Å². The number of benzene rings is 1. The molecular weight excluding hydrogens is 414 g/mol. The van der Waals surface area contributed by atoms with E-state index in [0.717, 1.165) is 0 Å². The Labute approximate surface area is 173 Å². The first kappa shape index (κ1) is 20.4. The van der Waals surface area contributed by atoms with E-state index >= 15 is 0 Å². The number of carbonyl (C=O) groups excluding carboxylic acids is 3. The highest BCUT2D eigenvalue weighted by atomic mass is 32.1. The Hall–Kier alpha value is -3.37. The highest BCUT2D eigenvalue weighted by Crippen LogP contribution is 2.25. The molecule has 2 heterocycles. The molecule has 0 aliphatic carbocycles. The van der Waals surface area contributed by atoms with E-state index in [1.807, 2.05) is 5.38 Å². The fourth-order valence-corrected chi connectivity index (χ4v) is 4.00. The molecule has 0 spiro atoms. The largest absolute Gasteiger partial charge is 0.343 e. The molecule has 2 aromatic heterocycles. The van der Waals surface area contributed by atoms with Gasteiger partial charge in [-0.2, -0.15) is 11.3 Å². The molecule has 3 aromatic rings. The molecule has 0 fully saturated rings. The van der Waals surface area contributed by atoms with Crippen LogP contribution in [0.25, 0.3) is 0 Å². The molecule has 148 valence electrons. The van der Waals surface area contributed by atoms with Crippen molar-refractivity contribution in [3.63, 3.8) is 0 Å². The number of nitro benzene ring substituents is 1. The van der Waals surface area contributed by atoms with Crippen LogP contribution < -0.4 is 10.6 Å². The summed E-state index contributed by atoms with van der Waals surface area (Å²) >= 11 is 2.66. The summed E-state index contributed by atoms with van der Waals surface area (Å²) in [5, 5.41) is 19.4. The second kappa shape index (κ2) is 8.76. The summed E-state index contributed by atoms with van der Waals surface area (Å²) < 4.78 is 0. The molecular formula is C19H15N3O5S2. The molecule has 0 bridgehead atoms. The Bertz CT molecular complexity index is 1090. The van der Waals surface area contributed by atoms with Gasteiger partial charge in [-0.3, -0.25) is 24.5 Å². The van der Waals surface area contributed by atoms with E-state index in [1.54, 1.807) is 36.6 Å². The van der Waals surface area contributed by atoms with Crippen LogP contribution in [0.5, 0.6) is 0 Å². The van der Waals surface area contributed by atoms with Crippen LogP contribution in [0.3, 0.4) is 0 Å². The van der Waals surface area contributed by atoms with Crippen molar-refractivity contribution >= 4 is 51.6 Å². The van der Waals surface area contributed by atoms with Gasteiger partial charge in [0.15, 0.2) is 0 Å². The molecule has 3 rings (SSSR count). The van der Waals surface area contributed by atoms with Crippen molar-refractivity contribution in [3.8, 4) is 0 Å². The van der Waals surface area contributed by atoms with E-state index in [4.69, 9.17) is 0 Å². The summed E-state index contributed by atoms with van der Waals surface area (Å²) in [6.07, 6.45) is 0. The molecule has 0 unspecified atom stereocenters. The Morgan fingerprint density at radius 1 is 1.10 bits per heavy atom. The lowest BCUT2D eigenvalue weighted by Gasteiger charge is -2.07. The van der Waals surface area contributed by atoms with Crippen LogP contribution in [0.2, 0.25) is 0 Å². The van der Waals surface area contributed by atoms with Gasteiger partial charge in [0.05, 0.1) is 16.3 Å². The zero-order valence-corrected chi connectivity index (χ0v) is 16.8. The maximum absolute atomic E-state index is 12.3. The van der Waals surface area contributed by atoms with Crippen molar-refractivity contribution in [3.05, 3.63) is 78.2 Å². The molecule has 0 aliphatic heterocycles. The number of nitrogens with one attached hydrogen (secondary N) is 2. The molecule has 8 nitrogen and oxygen atoms in total. The van der Waals surface area contributed by atoms with E-state index in [0.29, 0.717) is 20.9 Å². The van der Waals surface area contributed by atoms with Gasteiger partial charge < -0.3 is 10.6 Å². The summed E-state index contributed by atoms with van der Waals surface area (Å²) in [5.41, 5.74) is 0.915. The van der Waals surface area contributed by atoms with Crippen LogP contribution in [0.15, 0.2) is 47.2 Å². The summed E-state index contributed by atoms with van der Waals surface area (Å²) in [6.45, 7) is 1.74. The lowest BCUT2D eigenvalue weighted by Crippen LogP contribution is -2.34. The monoisotopic (exact) mass is 429 g/mol. The number of carbonyl (C=O) groups is 3. The summed E-state index contributed by atoms with van der Waals surface area (Å²) in [7, 11) is 0. The minimum atomic E-state index is -1.01. The van der Waals surface area contributed by atoms with Gasteiger partial charge in [-0.1, -0.05) is 6.07 Å². The van der Waals surface area contributed by atoms with E-state index in [-0.39, 0.29) is 23.7 Å². The second-order valence-corrected chi connectivity index (χ2v) is 7.97. The number of hydrogen-bond donors (Lipinski definition) is 2. The third-order valence-electron chi connectivity index (χ3n) is 3.90. The number of hydrogen-bond acceptors (Lipinski definition) is 7. The van der Waals surface area contributed by atoms with Crippen LogP contribution in [-0.4, -0.2) is 22.5 Å². The van der Waals surface area contributed by atoms with Crippen molar-refractivity contribution in [2.75, 3.05) is 5.32 Å². The molecule has 0 saturated carbocycles. The molecule has 0 saturated heterocycles. The van der Waals surface area contributed by atoms with Gasteiger partial charge in [-0.15, -0.1) is 11.3 Å². The van der Waals surface area contributed by atoms with E-state index in [2.05, 4.69) is 10.6 Å². The molecule has 1 aromatic carbocycles. The zero-order valence-electron chi connectivity index (χ0n) is 15.1. The SMILES string of the molecule is Cc1ccc(NC(=O)C(=O)NCc2ccc(C(=O)c3ccsc3)s2)c([N+](=O)[O-])c1. The Balaban J connectivity index is 1.59. The Morgan fingerprint density at radius 3 is 2.59 bits per heavy atom. The Morgan fingerprint density at radius 2 is 1.90 bits per heavy atom. The molecule has 10 heteroatoms. The maximum atomic E-state index is 12.3. The minimum absolute atomic E-state index is 0.0551. The third-order valence-corrected chi connectivity index (χ3v) is 5.66. The van der Waals surface area contributed by atoms with Gasteiger partial charge in [-0.05, 0) is 42.1 Å². The zero-order chi connectivity index (χ0) is 21.0. The first-order valence-corrected chi connectivity index (χ1v) is 10.1. The topological polar surface area (TPSA) is 118 Å². The van der Waals surface area contributed by atoms with E-state index in [1.165, 1.54) is 34.8 Å². The first-order valence-electron chi connectivity index (χ1n) is 8.35. The lowest BCUT2D eigenvalue weighted by atomic mass is 10.2. The van der Waals surface area contributed by atoms with Crippen LogP contribution in [-0.2, 0) is 16.1 Å². The maximum Gasteiger partial charge on any atom is 0.313 e. The van der Waals surface area contributed by atoms with Crippen LogP contribution in [0.1, 0.15) is 25.7 Å². The van der Waals surface area contributed by atoms with Crippen LogP contribution in [0.4, 0.5) is 11.4 Å². The number of ketones is 1. The molecule has 0 radical (unpaired) electrons. The van der Waals surface area contributed by atoms with E-state index in [9.17, 15) is 24.5 Å². The first-order chi connectivity index (χ1) is 13.8. The van der Waals surface area contributed by atoms with Gasteiger partial charge in [0, 0.05) is 21.9 Å². The fraction of sp³-hybridized carbons (Fsp3) is 0.105. The number of nitro groups is 1. The average molecular weight is 429 g/mol. The smallest absolute Gasteiger partial charge is 0.313 e. The fourth-order valence-electron chi connectivity index (χ4n) is 2.46. The lowest BCUT2D eigenvalue weighted by molar-refractivity contribution is -0.384. The number of nitrogens with zero attached hydrogens (tertiary/aromatic N) is 1. The Kier molecular flexibility index (Phi) is 6.15. The van der Waals surface area contributed by atoms with Crippen molar-refractivity contribution in [1.29, 1.82) is 0 Å². The van der Waals surface area contributed by atoms with Gasteiger partial charge >= 0.3 is 11.8 Å². The average Bonchev–Trinajstić information content (AvgIpc) is 3.38. The predicted molar refractivity (Wildman–Crippen MR) is 110 cm³/mol.